The van der Waals surface area contributed by atoms with Crippen molar-refractivity contribution < 1.29 is 28.8 Å². The SMILES string of the molecule is Cc1ccc(C(=O)COC(=O)CN2C(=O)[C@H]3CC=CC[C@@H]3C2=O)cc1[N+](=O)[O-]. The highest BCUT2D eigenvalue weighted by molar-refractivity contribution is 6.07. The summed E-state index contributed by atoms with van der Waals surface area (Å²) in [5, 5.41) is 11.0. The van der Waals surface area contributed by atoms with Gasteiger partial charge in [-0.2, -0.15) is 0 Å². The molecule has 1 aromatic rings. The molecule has 0 N–H and O–H groups in total. The molecule has 1 fully saturated rings. The van der Waals surface area contributed by atoms with E-state index in [9.17, 15) is 29.3 Å². The maximum atomic E-state index is 12.3. The zero-order valence-corrected chi connectivity index (χ0v) is 15.1. The van der Waals surface area contributed by atoms with E-state index in [1.165, 1.54) is 12.1 Å². The number of esters is 1. The second-order valence-electron chi connectivity index (χ2n) is 6.76. The van der Waals surface area contributed by atoms with Crippen LogP contribution in [0.4, 0.5) is 5.69 Å². The van der Waals surface area contributed by atoms with Crippen LogP contribution in [0.3, 0.4) is 0 Å². The Hall–Kier alpha value is -3.36. The highest BCUT2D eigenvalue weighted by Crippen LogP contribution is 2.34. The molecule has 9 nitrogen and oxygen atoms in total. The number of likely N-dealkylation sites (tertiary alicyclic amines) is 1. The lowest BCUT2D eigenvalue weighted by Gasteiger charge is -2.14. The summed E-state index contributed by atoms with van der Waals surface area (Å²) >= 11 is 0. The summed E-state index contributed by atoms with van der Waals surface area (Å²) in [6.45, 7) is 0.360. The number of hydrogen-bond donors (Lipinski definition) is 0. The van der Waals surface area contributed by atoms with Crippen LogP contribution in [-0.4, -0.2) is 46.5 Å². The molecule has 28 heavy (non-hydrogen) atoms. The Morgan fingerprint density at radius 2 is 1.79 bits per heavy atom. The third kappa shape index (κ3) is 3.68. The molecule has 1 heterocycles. The molecule has 0 bridgehead atoms. The van der Waals surface area contributed by atoms with E-state index < -0.39 is 53.5 Å². The Labute approximate surface area is 160 Å². The molecule has 0 radical (unpaired) electrons. The third-order valence-electron chi connectivity index (χ3n) is 4.98. The van der Waals surface area contributed by atoms with E-state index in [-0.39, 0.29) is 11.3 Å². The number of carbonyl (C=O) groups is 4. The predicted molar refractivity (Wildman–Crippen MR) is 95.2 cm³/mol. The lowest BCUT2D eigenvalue weighted by Crippen LogP contribution is -2.37. The largest absolute Gasteiger partial charge is 0.456 e. The van der Waals surface area contributed by atoms with Gasteiger partial charge in [0, 0.05) is 17.2 Å². The molecule has 0 saturated carbocycles. The van der Waals surface area contributed by atoms with Crippen molar-refractivity contribution in [3.05, 3.63) is 51.6 Å². The van der Waals surface area contributed by atoms with Crippen LogP contribution in [0.2, 0.25) is 0 Å². The van der Waals surface area contributed by atoms with Crippen molar-refractivity contribution in [1.82, 2.24) is 4.90 Å². The molecule has 2 amide bonds. The van der Waals surface area contributed by atoms with Gasteiger partial charge in [0.25, 0.3) is 5.69 Å². The predicted octanol–water partition coefficient (Wildman–Crippen LogP) is 1.58. The fourth-order valence-electron chi connectivity index (χ4n) is 3.41. The van der Waals surface area contributed by atoms with Gasteiger partial charge in [-0.1, -0.05) is 24.3 Å². The minimum atomic E-state index is -0.886. The van der Waals surface area contributed by atoms with Crippen molar-refractivity contribution in [2.24, 2.45) is 11.8 Å². The number of aryl methyl sites for hydroxylation is 1. The first kappa shape index (κ1) is 19.4. The molecule has 1 aromatic carbocycles. The number of benzene rings is 1. The average Bonchev–Trinajstić information content (AvgIpc) is 2.91. The zero-order chi connectivity index (χ0) is 20.4. The first-order chi connectivity index (χ1) is 13.3. The summed E-state index contributed by atoms with van der Waals surface area (Å²) in [6.07, 6.45) is 4.61. The lowest BCUT2D eigenvalue weighted by atomic mass is 9.85. The number of nitro groups is 1. The number of imide groups is 1. The number of Topliss-reactive ketones (excluding diaryl/α,β-unsaturated/α-hetero) is 1. The Balaban J connectivity index is 1.58. The normalized spacial score (nSPS) is 20.8. The number of rotatable bonds is 6. The van der Waals surface area contributed by atoms with Gasteiger partial charge in [-0.25, -0.2) is 0 Å². The molecule has 0 aromatic heterocycles. The maximum Gasteiger partial charge on any atom is 0.326 e. The number of nitrogens with zero attached hydrogens (tertiary/aromatic N) is 2. The van der Waals surface area contributed by atoms with E-state index in [4.69, 9.17) is 4.74 Å². The third-order valence-corrected chi connectivity index (χ3v) is 4.98. The van der Waals surface area contributed by atoms with Crippen LogP contribution in [0.1, 0.15) is 28.8 Å². The Bertz CT molecular complexity index is 880. The van der Waals surface area contributed by atoms with Crippen molar-refractivity contribution in [2.75, 3.05) is 13.2 Å². The number of ketones is 1. The van der Waals surface area contributed by atoms with Gasteiger partial charge in [0.2, 0.25) is 17.6 Å². The summed E-state index contributed by atoms with van der Waals surface area (Å²) < 4.78 is 4.88. The Morgan fingerprint density at radius 3 is 2.36 bits per heavy atom. The van der Waals surface area contributed by atoms with Gasteiger partial charge in [0.1, 0.15) is 6.54 Å². The van der Waals surface area contributed by atoms with E-state index in [2.05, 4.69) is 0 Å². The molecule has 2 atom stereocenters. The summed E-state index contributed by atoms with van der Waals surface area (Å²) in [5.74, 6) is -3.20. The summed E-state index contributed by atoms with van der Waals surface area (Å²) in [7, 11) is 0. The second-order valence-corrected chi connectivity index (χ2v) is 6.76. The summed E-state index contributed by atoms with van der Waals surface area (Å²) in [5.41, 5.74) is 0.234. The number of hydrogen-bond acceptors (Lipinski definition) is 7. The fourth-order valence-corrected chi connectivity index (χ4v) is 3.41. The molecule has 1 aliphatic heterocycles. The van der Waals surface area contributed by atoms with Crippen LogP contribution in [0.5, 0.6) is 0 Å². The summed E-state index contributed by atoms with van der Waals surface area (Å²) in [4.78, 5) is 60.0. The van der Waals surface area contributed by atoms with Gasteiger partial charge in [0.05, 0.1) is 16.8 Å². The molecular weight excluding hydrogens is 368 g/mol. The molecule has 1 aliphatic carbocycles. The van der Waals surface area contributed by atoms with Gasteiger partial charge >= 0.3 is 5.97 Å². The molecule has 9 heteroatoms. The van der Waals surface area contributed by atoms with Gasteiger partial charge in [-0.3, -0.25) is 34.2 Å². The smallest absolute Gasteiger partial charge is 0.326 e. The van der Waals surface area contributed by atoms with E-state index in [0.29, 0.717) is 18.4 Å². The quantitative estimate of drug-likeness (QED) is 0.181. The van der Waals surface area contributed by atoms with Crippen LogP contribution >= 0.6 is 0 Å². The topological polar surface area (TPSA) is 124 Å². The van der Waals surface area contributed by atoms with Crippen molar-refractivity contribution in [1.29, 1.82) is 0 Å². The van der Waals surface area contributed by atoms with Crippen molar-refractivity contribution in [3.8, 4) is 0 Å². The van der Waals surface area contributed by atoms with Gasteiger partial charge < -0.3 is 4.74 Å². The van der Waals surface area contributed by atoms with Crippen molar-refractivity contribution in [3.63, 3.8) is 0 Å². The van der Waals surface area contributed by atoms with Crippen LogP contribution in [0, 0.1) is 28.9 Å². The molecular formula is C19H18N2O7. The first-order valence-corrected chi connectivity index (χ1v) is 8.73. The average molecular weight is 386 g/mol. The second kappa shape index (κ2) is 7.71. The van der Waals surface area contributed by atoms with E-state index in [1.807, 2.05) is 12.2 Å². The highest BCUT2D eigenvalue weighted by Gasteiger charge is 2.47. The van der Waals surface area contributed by atoms with Crippen LogP contribution < -0.4 is 0 Å². The standard InChI is InChI=1S/C19H18N2O7/c1-11-6-7-12(8-15(11)21(26)27)16(22)10-28-17(23)9-20-18(24)13-4-2-3-5-14(13)19(20)25/h2-3,6-8,13-14H,4-5,9-10H2,1H3/t13-,14-/m0/s1. The van der Waals surface area contributed by atoms with Crippen molar-refractivity contribution in [2.45, 2.75) is 19.8 Å². The minimum absolute atomic E-state index is 0.0375. The van der Waals surface area contributed by atoms with Gasteiger partial charge in [-0.05, 0) is 19.8 Å². The van der Waals surface area contributed by atoms with Crippen LogP contribution in [0.15, 0.2) is 30.4 Å². The lowest BCUT2D eigenvalue weighted by molar-refractivity contribution is -0.385. The molecule has 2 aliphatic rings. The van der Waals surface area contributed by atoms with E-state index in [0.717, 1.165) is 11.0 Å². The van der Waals surface area contributed by atoms with Crippen LogP contribution in [0.25, 0.3) is 0 Å². The molecule has 1 saturated heterocycles. The molecule has 3 rings (SSSR count). The number of nitro benzene ring substituents is 1. The van der Waals surface area contributed by atoms with E-state index >= 15 is 0 Å². The number of fused-ring (bicyclic) bond motifs is 1. The zero-order valence-electron chi connectivity index (χ0n) is 15.1. The molecule has 0 unspecified atom stereocenters. The monoisotopic (exact) mass is 386 g/mol. The molecule has 146 valence electrons. The highest BCUT2D eigenvalue weighted by atomic mass is 16.6. The van der Waals surface area contributed by atoms with Crippen molar-refractivity contribution >= 4 is 29.3 Å². The number of carbonyl (C=O) groups excluding carboxylic acids is 4. The van der Waals surface area contributed by atoms with Gasteiger partial charge in [-0.15, -0.1) is 0 Å². The van der Waals surface area contributed by atoms with Crippen LogP contribution in [-0.2, 0) is 19.1 Å². The van der Waals surface area contributed by atoms with E-state index in [1.54, 1.807) is 6.92 Å². The summed E-state index contributed by atoms with van der Waals surface area (Å²) in [6, 6.07) is 3.96. The fraction of sp³-hybridized carbons (Fsp3) is 0.368. The number of amides is 2. The number of ether oxygens (including phenoxy) is 1. The first-order valence-electron chi connectivity index (χ1n) is 8.73. The molecule has 0 spiro atoms. The number of allylic oxidation sites excluding steroid dienone is 2. The van der Waals surface area contributed by atoms with Gasteiger partial charge in [0.15, 0.2) is 6.61 Å². The maximum absolute atomic E-state index is 12.3. The minimum Gasteiger partial charge on any atom is -0.456 e. The Morgan fingerprint density at radius 1 is 1.18 bits per heavy atom. The Kier molecular flexibility index (Phi) is 5.34.